The SMILES string of the molecule is CC(=O)N1CCc2c(nc(-c3ccncc3)nc2NCC2CC2)C1. The summed E-state index contributed by atoms with van der Waals surface area (Å²) in [6.45, 7) is 3.87. The van der Waals surface area contributed by atoms with Crippen LogP contribution in [0.1, 0.15) is 31.0 Å². The standard InChI is InChI=1S/C18H21N5O/c1-12(24)23-9-6-15-16(11-23)21-17(14-4-7-19-8-5-14)22-18(15)20-10-13-2-3-13/h4-5,7-8,13H,2-3,6,9-11H2,1H3,(H,20,21,22). The van der Waals surface area contributed by atoms with Crippen molar-refractivity contribution < 1.29 is 4.79 Å². The van der Waals surface area contributed by atoms with Crippen LogP contribution in [-0.2, 0) is 17.8 Å². The Morgan fingerprint density at radius 1 is 1.29 bits per heavy atom. The van der Waals surface area contributed by atoms with Crippen LogP contribution in [0.4, 0.5) is 5.82 Å². The first-order valence-electron chi connectivity index (χ1n) is 8.50. The van der Waals surface area contributed by atoms with E-state index in [1.807, 2.05) is 17.0 Å². The fourth-order valence-corrected chi connectivity index (χ4v) is 3.04. The van der Waals surface area contributed by atoms with Crippen molar-refractivity contribution >= 4 is 11.7 Å². The first-order chi connectivity index (χ1) is 11.7. The van der Waals surface area contributed by atoms with Crippen molar-refractivity contribution in [1.29, 1.82) is 0 Å². The van der Waals surface area contributed by atoms with Gasteiger partial charge in [-0.25, -0.2) is 9.97 Å². The maximum Gasteiger partial charge on any atom is 0.219 e. The summed E-state index contributed by atoms with van der Waals surface area (Å²) in [4.78, 5) is 27.2. The van der Waals surface area contributed by atoms with Crippen LogP contribution in [0.5, 0.6) is 0 Å². The third-order valence-corrected chi connectivity index (χ3v) is 4.70. The van der Waals surface area contributed by atoms with Crippen LogP contribution in [0.15, 0.2) is 24.5 Å². The number of anilines is 1. The van der Waals surface area contributed by atoms with Crippen LogP contribution in [-0.4, -0.2) is 38.8 Å². The average Bonchev–Trinajstić information content (AvgIpc) is 3.44. The number of hydrogen-bond donors (Lipinski definition) is 1. The van der Waals surface area contributed by atoms with Crippen molar-refractivity contribution in [3.05, 3.63) is 35.8 Å². The molecule has 0 saturated heterocycles. The number of amides is 1. The van der Waals surface area contributed by atoms with E-state index in [0.717, 1.165) is 48.1 Å². The molecule has 0 spiro atoms. The van der Waals surface area contributed by atoms with E-state index in [9.17, 15) is 4.79 Å². The number of fused-ring (bicyclic) bond motifs is 1. The van der Waals surface area contributed by atoms with Crippen LogP contribution in [0.2, 0.25) is 0 Å². The molecule has 1 amide bonds. The molecule has 1 aliphatic carbocycles. The maximum atomic E-state index is 11.7. The predicted octanol–water partition coefficient (Wildman–Crippen LogP) is 2.27. The summed E-state index contributed by atoms with van der Waals surface area (Å²) in [5.41, 5.74) is 3.06. The molecule has 1 fully saturated rings. The third kappa shape index (κ3) is 3.09. The van der Waals surface area contributed by atoms with Crippen LogP contribution in [0.3, 0.4) is 0 Å². The third-order valence-electron chi connectivity index (χ3n) is 4.70. The van der Waals surface area contributed by atoms with Gasteiger partial charge in [0.15, 0.2) is 5.82 Å². The number of aromatic nitrogens is 3. The van der Waals surface area contributed by atoms with Crippen molar-refractivity contribution in [2.24, 2.45) is 5.92 Å². The predicted molar refractivity (Wildman–Crippen MR) is 91.3 cm³/mol. The zero-order chi connectivity index (χ0) is 16.5. The highest BCUT2D eigenvalue weighted by Crippen LogP contribution is 2.31. The molecule has 2 aromatic heterocycles. The summed E-state index contributed by atoms with van der Waals surface area (Å²) in [5.74, 6) is 2.50. The Morgan fingerprint density at radius 2 is 2.08 bits per heavy atom. The lowest BCUT2D eigenvalue weighted by molar-refractivity contribution is -0.129. The van der Waals surface area contributed by atoms with Crippen LogP contribution in [0.25, 0.3) is 11.4 Å². The quantitative estimate of drug-likeness (QED) is 0.934. The van der Waals surface area contributed by atoms with Gasteiger partial charge in [-0.3, -0.25) is 9.78 Å². The average molecular weight is 323 g/mol. The van der Waals surface area contributed by atoms with Gasteiger partial charge in [-0.05, 0) is 37.3 Å². The molecule has 6 heteroatoms. The molecule has 1 N–H and O–H groups in total. The first kappa shape index (κ1) is 15.1. The minimum atomic E-state index is 0.0946. The summed E-state index contributed by atoms with van der Waals surface area (Å²) < 4.78 is 0. The highest BCUT2D eigenvalue weighted by Gasteiger charge is 2.26. The number of nitrogens with one attached hydrogen (secondary N) is 1. The highest BCUT2D eigenvalue weighted by atomic mass is 16.2. The molecular formula is C18H21N5O. The second-order valence-corrected chi connectivity index (χ2v) is 6.57. The van der Waals surface area contributed by atoms with Crippen molar-refractivity contribution in [2.75, 3.05) is 18.4 Å². The molecule has 4 rings (SSSR count). The Hall–Kier alpha value is -2.50. The van der Waals surface area contributed by atoms with E-state index in [1.54, 1.807) is 19.3 Å². The summed E-state index contributed by atoms with van der Waals surface area (Å²) in [7, 11) is 0. The highest BCUT2D eigenvalue weighted by molar-refractivity contribution is 5.74. The van der Waals surface area contributed by atoms with E-state index < -0.39 is 0 Å². The molecule has 0 aromatic carbocycles. The van der Waals surface area contributed by atoms with Gasteiger partial charge < -0.3 is 10.2 Å². The summed E-state index contributed by atoms with van der Waals surface area (Å²) in [6.07, 6.45) is 6.90. The number of rotatable bonds is 4. The number of pyridine rings is 1. The molecule has 0 atom stereocenters. The van der Waals surface area contributed by atoms with Crippen molar-refractivity contribution in [1.82, 2.24) is 19.9 Å². The van der Waals surface area contributed by atoms with E-state index in [4.69, 9.17) is 9.97 Å². The lowest BCUT2D eigenvalue weighted by atomic mass is 10.0. The summed E-state index contributed by atoms with van der Waals surface area (Å²) in [6, 6.07) is 3.83. The zero-order valence-corrected chi connectivity index (χ0v) is 13.8. The topological polar surface area (TPSA) is 71.0 Å². The first-order valence-corrected chi connectivity index (χ1v) is 8.50. The normalized spacial score (nSPS) is 16.6. The Balaban J connectivity index is 1.71. The Morgan fingerprint density at radius 3 is 2.79 bits per heavy atom. The second-order valence-electron chi connectivity index (χ2n) is 6.57. The molecule has 2 aliphatic rings. The van der Waals surface area contributed by atoms with Gasteiger partial charge in [-0.1, -0.05) is 0 Å². The van der Waals surface area contributed by atoms with Gasteiger partial charge in [0.05, 0.1) is 12.2 Å². The number of carbonyl (C=O) groups is 1. The van der Waals surface area contributed by atoms with Gasteiger partial charge in [0.2, 0.25) is 5.91 Å². The lowest BCUT2D eigenvalue weighted by Crippen LogP contribution is -2.35. The van der Waals surface area contributed by atoms with Gasteiger partial charge in [0.25, 0.3) is 0 Å². The van der Waals surface area contributed by atoms with E-state index >= 15 is 0 Å². The Kier molecular flexibility index (Phi) is 3.88. The lowest BCUT2D eigenvalue weighted by Gasteiger charge is -2.28. The van der Waals surface area contributed by atoms with Crippen LogP contribution >= 0.6 is 0 Å². The van der Waals surface area contributed by atoms with E-state index in [2.05, 4.69) is 10.3 Å². The van der Waals surface area contributed by atoms with Gasteiger partial charge in [-0.15, -0.1) is 0 Å². The van der Waals surface area contributed by atoms with E-state index in [-0.39, 0.29) is 5.91 Å². The molecule has 1 aliphatic heterocycles. The summed E-state index contributed by atoms with van der Waals surface area (Å²) >= 11 is 0. The van der Waals surface area contributed by atoms with E-state index in [1.165, 1.54) is 12.8 Å². The summed E-state index contributed by atoms with van der Waals surface area (Å²) in [5, 5.41) is 3.52. The van der Waals surface area contributed by atoms with E-state index in [0.29, 0.717) is 12.4 Å². The Bertz CT molecular complexity index is 758. The largest absolute Gasteiger partial charge is 0.369 e. The monoisotopic (exact) mass is 323 g/mol. The number of nitrogens with zero attached hydrogens (tertiary/aromatic N) is 4. The second kappa shape index (κ2) is 6.19. The van der Waals surface area contributed by atoms with Crippen LogP contribution in [0, 0.1) is 5.92 Å². The van der Waals surface area contributed by atoms with Gasteiger partial charge in [-0.2, -0.15) is 0 Å². The molecule has 1 saturated carbocycles. The molecular weight excluding hydrogens is 302 g/mol. The molecule has 124 valence electrons. The molecule has 0 unspecified atom stereocenters. The fraction of sp³-hybridized carbons (Fsp3) is 0.444. The van der Waals surface area contributed by atoms with Crippen LogP contribution < -0.4 is 5.32 Å². The Labute approximate surface area is 141 Å². The molecule has 0 bridgehead atoms. The molecule has 2 aromatic rings. The molecule has 6 nitrogen and oxygen atoms in total. The molecule has 24 heavy (non-hydrogen) atoms. The van der Waals surface area contributed by atoms with Crippen molar-refractivity contribution in [3.63, 3.8) is 0 Å². The van der Waals surface area contributed by atoms with Crippen molar-refractivity contribution in [2.45, 2.75) is 32.7 Å². The van der Waals surface area contributed by atoms with Gasteiger partial charge in [0, 0.05) is 43.5 Å². The minimum Gasteiger partial charge on any atom is -0.369 e. The van der Waals surface area contributed by atoms with Crippen molar-refractivity contribution in [3.8, 4) is 11.4 Å². The molecule has 3 heterocycles. The van der Waals surface area contributed by atoms with Gasteiger partial charge >= 0.3 is 0 Å². The smallest absolute Gasteiger partial charge is 0.219 e. The minimum absolute atomic E-state index is 0.0946. The zero-order valence-electron chi connectivity index (χ0n) is 13.8. The molecule has 0 radical (unpaired) electrons. The maximum absolute atomic E-state index is 11.7. The number of hydrogen-bond acceptors (Lipinski definition) is 5. The fourth-order valence-electron chi connectivity index (χ4n) is 3.04. The number of carbonyl (C=O) groups excluding carboxylic acids is 1. The van der Waals surface area contributed by atoms with Gasteiger partial charge in [0.1, 0.15) is 5.82 Å².